The van der Waals surface area contributed by atoms with Crippen LogP contribution in [0.2, 0.25) is 5.15 Å². The Bertz CT molecular complexity index is 535. The fourth-order valence-corrected chi connectivity index (χ4v) is 2.30. The number of aromatic nitrogens is 2. The lowest BCUT2D eigenvalue weighted by Gasteiger charge is -2.16. The molecule has 2 aromatic heterocycles. The van der Waals surface area contributed by atoms with Crippen LogP contribution in [0.1, 0.15) is 17.2 Å². The summed E-state index contributed by atoms with van der Waals surface area (Å²) in [5.41, 5.74) is 4.87. The van der Waals surface area contributed by atoms with Gasteiger partial charge in [-0.25, -0.2) is 4.98 Å². The van der Waals surface area contributed by atoms with E-state index in [0.717, 1.165) is 22.0 Å². The molecule has 0 bridgehead atoms. The number of hydrogen-bond acceptors (Lipinski definition) is 4. The first-order valence-corrected chi connectivity index (χ1v) is 6.53. The molecule has 0 saturated carbocycles. The van der Waals surface area contributed by atoms with Crippen LogP contribution in [0.3, 0.4) is 0 Å². The lowest BCUT2D eigenvalue weighted by molar-refractivity contribution is 0.550. The molecule has 2 aromatic rings. The second-order valence-corrected chi connectivity index (χ2v) is 5.15. The maximum absolute atomic E-state index is 5.87. The summed E-state index contributed by atoms with van der Waals surface area (Å²) in [5, 5.41) is 0.458. The molecule has 0 amide bonds. The fourth-order valence-electron chi connectivity index (χ4n) is 1.71. The summed E-state index contributed by atoms with van der Waals surface area (Å²) in [7, 11) is 0. The molecule has 1 atom stereocenters. The van der Waals surface area contributed by atoms with Crippen molar-refractivity contribution in [3.05, 3.63) is 57.5 Å². The van der Waals surface area contributed by atoms with Crippen LogP contribution in [0.5, 0.6) is 0 Å². The Morgan fingerprint density at radius 3 is 2.89 bits per heavy atom. The monoisotopic (exact) mass is 326 g/mol. The first kappa shape index (κ1) is 13.4. The molecule has 0 aromatic carbocycles. The first-order chi connectivity index (χ1) is 8.69. The van der Waals surface area contributed by atoms with Gasteiger partial charge in [0.05, 0.1) is 6.04 Å². The fraction of sp³-hybridized carbons (Fsp3) is 0.167. The Morgan fingerprint density at radius 1 is 1.39 bits per heavy atom. The second-order valence-electron chi connectivity index (χ2n) is 3.85. The van der Waals surface area contributed by atoms with E-state index in [1.165, 1.54) is 0 Å². The minimum atomic E-state index is -0.0263. The van der Waals surface area contributed by atoms with Crippen LogP contribution < -0.4 is 11.3 Å². The summed E-state index contributed by atoms with van der Waals surface area (Å²) < 4.78 is 0.948. The zero-order valence-corrected chi connectivity index (χ0v) is 11.8. The number of nitrogens with one attached hydrogen (secondary N) is 1. The van der Waals surface area contributed by atoms with Gasteiger partial charge in [-0.3, -0.25) is 16.3 Å². The SMILES string of the molecule is NNC(Cc1cncc(Br)c1)c1ccnc(Cl)c1. The molecule has 0 aliphatic carbocycles. The predicted molar refractivity (Wildman–Crippen MR) is 75.0 cm³/mol. The van der Waals surface area contributed by atoms with E-state index in [0.29, 0.717) is 5.15 Å². The summed E-state index contributed by atoms with van der Waals surface area (Å²) in [5.74, 6) is 5.60. The van der Waals surface area contributed by atoms with Gasteiger partial charge in [-0.05, 0) is 51.7 Å². The molecular formula is C12H12BrClN4. The molecule has 3 N–H and O–H groups in total. The van der Waals surface area contributed by atoms with Crippen molar-refractivity contribution in [1.29, 1.82) is 0 Å². The predicted octanol–water partition coefficient (Wildman–Crippen LogP) is 2.64. The molecule has 1 unspecified atom stereocenters. The highest BCUT2D eigenvalue weighted by Gasteiger charge is 2.11. The Balaban J connectivity index is 2.19. The van der Waals surface area contributed by atoms with Crippen molar-refractivity contribution in [3.8, 4) is 0 Å². The molecule has 94 valence electrons. The first-order valence-electron chi connectivity index (χ1n) is 5.36. The van der Waals surface area contributed by atoms with E-state index in [4.69, 9.17) is 17.4 Å². The Morgan fingerprint density at radius 2 is 2.22 bits per heavy atom. The highest BCUT2D eigenvalue weighted by molar-refractivity contribution is 9.10. The van der Waals surface area contributed by atoms with Crippen molar-refractivity contribution in [1.82, 2.24) is 15.4 Å². The van der Waals surface area contributed by atoms with Gasteiger partial charge in [-0.2, -0.15) is 0 Å². The van der Waals surface area contributed by atoms with Gasteiger partial charge in [0.15, 0.2) is 0 Å². The van der Waals surface area contributed by atoms with Crippen molar-refractivity contribution in [2.45, 2.75) is 12.5 Å². The summed E-state index contributed by atoms with van der Waals surface area (Å²) >= 11 is 9.27. The maximum atomic E-state index is 5.87. The van der Waals surface area contributed by atoms with Gasteiger partial charge in [0, 0.05) is 23.1 Å². The molecule has 0 spiro atoms. The summed E-state index contributed by atoms with van der Waals surface area (Å²) in [6.45, 7) is 0. The van der Waals surface area contributed by atoms with Crippen LogP contribution in [-0.4, -0.2) is 9.97 Å². The van der Waals surface area contributed by atoms with Gasteiger partial charge in [0.2, 0.25) is 0 Å². The van der Waals surface area contributed by atoms with Crippen molar-refractivity contribution < 1.29 is 0 Å². The van der Waals surface area contributed by atoms with E-state index in [1.54, 1.807) is 18.5 Å². The molecule has 6 heteroatoms. The number of hydrogen-bond donors (Lipinski definition) is 2. The van der Waals surface area contributed by atoms with Crippen LogP contribution in [-0.2, 0) is 6.42 Å². The summed E-state index contributed by atoms with van der Waals surface area (Å²) in [4.78, 5) is 8.08. The molecule has 2 heterocycles. The minimum absolute atomic E-state index is 0.0263. The van der Waals surface area contributed by atoms with Gasteiger partial charge < -0.3 is 0 Å². The number of nitrogens with two attached hydrogens (primary N) is 1. The molecule has 4 nitrogen and oxygen atoms in total. The van der Waals surface area contributed by atoms with Crippen LogP contribution >= 0.6 is 27.5 Å². The van der Waals surface area contributed by atoms with Crippen molar-refractivity contribution in [3.63, 3.8) is 0 Å². The zero-order valence-electron chi connectivity index (χ0n) is 9.48. The molecule has 0 aliphatic rings. The van der Waals surface area contributed by atoms with Crippen LogP contribution in [0.25, 0.3) is 0 Å². The Kier molecular flexibility index (Phi) is 4.66. The van der Waals surface area contributed by atoms with Crippen molar-refractivity contribution in [2.24, 2.45) is 5.84 Å². The largest absolute Gasteiger partial charge is 0.271 e. The molecule has 0 aliphatic heterocycles. The number of rotatable bonds is 4. The Labute approximate surface area is 119 Å². The molecule has 2 rings (SSSR count). The van der Waals surface area contributed by atoms with Crippen LogP contribution in [0.15, 0.2) is 41.3 Å². The van der Waals surface area contributed by atoms with Crippen molar-refractivity contribution >= 4 is 27.5 Å². The third kappa shape index (κ3) is 3.49. The summed E-state index contributed by atoms with van der Waals surface area (Å²) in [6, 6.07) is 5.68. The van der Waals surface area contributed by atoms with E-state index in [1.807, 2.05) is 18.3 Å². The zero-order chi connectivity index (χ0) is 13.0. The third-order valence-electron chi connectivity index (χ3n) is 2.56. The molecule has 0 radical (unpaired) electrons. The average Bonchev–Trinajstić information content (AvgIpc) is 2.36. The van der Waals surface area contributed by atoms with Gasteiger partial charge in [0.25, 0.3) is 0 Å². The number of nitrogens with zero attached hydrogens (tertiary/aromatic N) is 2. The summed E-state index contributed by atoms with van der Waals surface area (Å²) in [6.07, 6.45) is 5.96. The molecule has 0 saturated heterocycles. The van der Waals surface area contributed by atoms with Gasteiger partial charge in [-0.1, -0.05) is 11.6 Å². The molecular weight excluding hydrogens is 316 g/mol. The highest BCUT2D eigenvalue weighted by atomic mass is 79.9. The van der Waals surface area contributed by atoms with Gasteiger partial charge >= 0.3 is 0 Å². The maximum Gasteiger partial charge on any atom is 0.129 e. The molecule has 0 fully saturated rings. The number of hydrazine groups is 1. The van der Waals surface area contributed by atoms with E-state index < -0.39 is 0 Å². The highest BCUT2D eigenvalue weighted by Crippen LogP contribution is 2.20. The second kappa shape index (κ2) is 6.24. The van der Waals surface area contributed by atoms with E-state index in [9.17, 15) is 0 Å². The van der Waals surface area contributed by atoms with Crippen molar-refractivity contribution in [2.75, 3.05) is 0 Å². The number of pyridine rings is 2. The molecule has 18 heavy (non-hydrogen) atoms. The standard InChI is InChI=1S/C12H12BrClN4/c13-10-3-8(6-16-7-10)4-11(18-15)9-1-2-17-12(14)5-9/h1-3,5-7,11,18H,4,15H2. The normalized spacial score (nSPS) is 12.4. The quantitative estimate of drug-likeness (QED) is 0.515. The Hall–Kier alpha value is -1.01. The topological polar surface area (TPSA) is 63.8 Å². The minimum Gasteiger partial charge on any atom is -0.271 e. The van der Waals surface area contributed by atoms with Gasteiger partial charge in [0.1, 0.15) is 5.15 Å². The van der Waals surface area contributed by atoms with Crippen LogP contribution in [0, 0.1) is 0 Å². The van der Waals surface area contributed by atoms with E-state index in [2.05, 4.69) is 31.3 Å². The van der Waals surface area contributed by atoms with E-state index >= 15 is 0 Å². The number of halogens is 2. The van der Waals surface area contributed by atoms with Gasteiger partial charge in [-0.15, -0.1) is 0 Å². The smallest absolute Gasteiger partial charge is 0.129 e. The lowest BCUT2D eigenvalue weighted by atomic mass is 10.0. The van der Waals surface area contributed by atoms with E-state index in [-0.39, 0.29) is 6.04 Å². The lowest BCUT2D eigenvalue weighted by Crippen LogP contribution is -2.29. The third-order valence-corrected chi connectivity index (χ3v) is 3.20. The average molecular weight is 328 g/mol. The van der Waals surface area contributed by atoms with Crippen LogP contribution in [0.4, 0.5) is 0 Å².